The molecule has 29 heavy (non-hydrogen) atoms. The van der Waals surface area contributed by atoms with Gasteiger partial charge in [0.1, 0.15) is 12.4 Å². The minimum Gasteiger partial charge on any atom is -0.457 e. The van der Waals surface area contributed by atoms with Crippen molar-refractivity contribution in [3.8, 4) is 0 Å². The van der Waals surface area contributed by atoms with Crippen molar-refractivity contribution in [1.82, 2.24) is 9.80 Å². The molecular formula is C19H17ClFN3O4S. The van der Waals surface area contributed by atoms with E-state index < -0.39 is 35.0 Å². The molecule has 7 nitrogen and oxygen atoms in total. The molecule has 0 saturated carbocycles. The number of hydrogen-bond donors (Lipinski definition) is 1. The van der Waals surface area contributed by atoms with E-state index in [-0.39, 0.29) is 17.2 Å². The van der Waals surface area contributed by atoms with Crippen molar-refractivity contribution in [2.24, 2.45) is 0 Å². The van der Waals surface area contributed by atoms with Crippen LogP contribution in [0.3, 0.4) is 0 Å². The van der Waals surface area contributed by atoms with Gasteiger partial charge in [0.2, 0.25) is 0 Å². The maximum Gasteiger partial charge on any atom is 0.340 e. The zero-order valence-electron chi connectivity index (χ0n) is 15.5. The molecule has 1 saturated heterocycles. The molecule has 3 rings (SSSR count). The fourth-order valence-corrected chi connectivity index (χ4v) is 3.15. The van der Waals surface area contributed by atoms with Crippen molar-refractivity contribution in [3.63, 3.8) is 0 Å². The zero-order chi connectivity index (χ0) is 21.3. The van der Waals surface area contributed by atoms with Gasteiger partial charge >= 0.3 is 18.0 Å². The molecular weight excluding hydrogens is 421 g/mol. The van der Waals surface area contributed by atoms with Gasteiger partial charge in [0, 0.05) is 14.1 Å². The molecule has 1 fully saturated rings. The molecule has 2 aromatic carbocycles. The second-order valence-electron chi connectivity index (χ2n) is 6.31. The molecule has 10 heteroatoms. The largest absolute Gasteiger partial charge is 0.457 e. The van der Waals surface area contributed by atoms with Crippen molar-refractivity contribution in [2.45, 2.75) is 12.1 Å². The van der Waals surface area contributed by atoms with E-state index in [2.05, 4.69) is 12.6 Å². The smallest absolute Gasteiger partial charge is 0.340 e. The molecule has 2 aromatic rings. The summed E-state index contributed by atoms with van der Waals surface area (Å²) in [5.74, 6) is -1.75. The van der Waals surface area contributed by atoms with E-state index in [0.29, 0.717) is 4.90 Å². The van der Waals surface area contributed by atoms with Crippen LogP contribution >= 0.6 is 24.2 Å². The molecule has 1 aliphatic rings. The second-order valence-corrected chi connectivity index (χ2v) is 7.18. The molecule has 4 amide bonds. The normalized spacial score (nSPS) is 15.1. The van der Waals surface area contributed by atoms with Gasteiger partial charge in [-0.1, -0.05) is 41.9 Å². The Hall–Kier alpha value is -2.78. The molecule has 0 spiro atoms. The second kappa shape index (κ2) is 8.30. The first-order valence-corrected chi connectivity index (χ1v) is 9.33. The van der Waals surface area contributed by atoms with Crippen LogP contribution in [0.5, 0.6) is 0 Å². The number of carbonyl (C=O) groups is 3. The van der Waals surface area contributed by atoms with Gasteiger partial charge in [-0.05, 0) is 17.7 Å². The number of thiol groups is 1. The Morgan fingerprint density at radius 2 is 1.72 bits per heavy atom. The molecule has 0 bridgehead atoms. The van der Waals surface area contributed by atoms with E-state index in [1.54, 1.807) is 24.3 Å². The Morgan fingerprint density at radius 1 is 1.14 bits per heavy atom. The van der Waals surface area contributed by atoms with Gasteiger partial charge in [-0.2, -0.15) is 0 Å². The van der Waals surface area contributed by atoms with Gasteiger partial charge < -0.3 is 4.74 Å². The fraction of sp³-hybridized carbons (Fsp3) is 0.211. The third-order valence-corrected chi connectivity index (χ3v) is 5.39. The van der Waals surface area contributed by atoms with Crippen molar-refractivity contribution in [1.29, 1.82) is 0 Å². The lowest BCUT2D eigenvalue weighted by Crippen LogP contribution is -2.62. The number of amides is 4. The quantitative estimate of drug-likeness (QED) is 0.580. The van der Waals surface area contributed by atoms with Crippen LogP contribution in [0.1, 0.15) is 15.9 Å². The fourth-order valence-electron chi connectivity index (χ4n) is 2.73. The molecule has 0 aromatic heterocycles. The molecule has 0 radical (unpaired) electrons. The predicted octanol–water partition coefficient (Wildman–Crippen LogP) is 3.97. The van der Waals surface area contributed by atoms with Crippen LogP contribution in [-0.4, -0.2) is 47.4 Å². The van der Waals surface area contributed by atoms with E-state index in [1.165, 1.54) is 14.1 Å². The van der Waals surface area contributed by atoms with Crippen LogP contribution < -0.4 is 4.90 Å². The lowest BCUT2D eigenvalue weighted by Gasteiger charge is -2.41. The van der Waals surface area contributed by atoms with Crippen molar-refractivity contribution < 1.29 is 23.5 Å². The summed E-state index contributed by atoms with van der Waals surface area (Å²) in [6, 6.07) is 9.26. The summed E-state index contributed by atoms with van der Waals surface area (Å²) >= 11 is 10.2. The van der Waals surface area contributed by atoms with Crippen LogP contribution in [-0.2, 0) is 11.3 Å². The number of halogens is 2. The number of nitrogens with zero attached hydrogens (tertiary/aromatic N) is 3. The van der Waals surface area contributed by atoms with Crippen molar-refractivity contribution in [3.05, 3.63) is 64.4 Å². The third kappa shape index (κ3) is 4.01. The molecule has 0 atom stereocenters. The summed E-state index contributed by atoms with van der Waals surface area (Å²) < 4.78 is 19.8. The van der Waals surface area contributed by atoms with Crippen molar-refractivity contribution >= 4 is 47.9 Å². The third-order valence-electron chi connectivity index (χ3n) is 4.39. The highest BCUT2D eigenvalue weighted by Crippen LogP contribution is 2.32. The summed E-state index contributed by atoms with van der Waals surface area (Å²) in [5.41, 5.74) is -0.631. The van der Waals surface area contributed by atoms with Crippen LogP contribution in [0.2, 0.25) is 5.02 Å². The standard InChI is InChI=1S/C19H17ClFN3O4S/c1-22-17(26)24(18(27)23(2)19(22)29)15-8-12(13(20)9-14(15)21)16(25)28-10-11-6-4-3-5-7-11/h3-9,19,29H,10H2,1-2H3. The highest BCUT2D eigenvalue weighted by Gasteiger charge is 2.41. The molecule has 0 unspecified atom stereocenters. The molecule has 1 aliphatic heterocycles. The van der Waals surface area contributed by atoms with Gasteiger partial charge in [0.25, 0.3) is 0 Å². The summed E-state index contributed by atoms with van der Waals surface area (Å²) in [6.45, 7) is -0.0168. The number of anilines is 1. The van der Waals surface area contributed by atoms with Crippen LogP contribution in [0, 0.1) is 5.82 Å². The Bertz CT molecular complexity index is 953. The van der Waals surface area contributed by atoms with Gasteiger partial charge in [-0.25, -0.2) is 23.7 Å². The molecule has 152 valence electrons. The maximum absolute atomic E-state index is 14.6. The average molecular weight is 438 g/mol. The summed E-state index contributed by atoms with van der Waals surface area (Å²) in [5, 5.41) is -0.199. The highest BCUT2D eigenvalue weighted by atomic mass is 35.5. The number of imide groups is 1. The first kappa shape index (κ1) is 20.9. The zero-order valence-corrected chi connectivity index (χ0v) is 17.2. The average Bonchev–Trinajstić information content (AvgIpc) is 2.71. The number of carbonyl (C=O) groups excluding carboxylic acids is 3. The lowest BCUT2D eigenvalue weighted by molar-refractivity contribution is 0.0472. The highest BCUT2D eigenvalue weighted by molar-refractivity contribution is 7.80. The van der Waals surface area contributed by atoms with Gasteiger partial charge in [0.15, 0.2) is 5.50 Å². The number of urea groups is 2. The van der Waals surface area contributed by atoms with Crippen LogP contribution in [0.15, 0.2) is 42.5 Å². The number of hydrogen-bond acceptors (Lipinski definition) is 5. The topological polar surface area (TPSA) is 70.2 Å². The van der Waals surface area contributed by atoms with Gasteiger partial charge in [0.05, 0.1) is 16.3 Å². The Labute approximate surface area is 177 Å². The number of benzene rings is 2. The van der Waals surface area contributed by atoms with E-state index in [9.17, 15) is 18.8 Å². The van der Waals surface area contributed by atoms with Crippen LogP contribution in [0.4, 0.5) is 19.7 Å². The van der Waals surface area contributed by atoms with Crippen LogP contribution in [0.25, 0.3) is 0 Å². The summed E-state index contributed by atoms with van der Waals surface area (Å²) in [7, 11) is 2.83. The van der Waals surface area contributed by atoms with Gasteiger partial charge in [-0.3, -0.25) is 9.80 Å². The van der Waals surface area contributed by atoms with Crippen molar-refractivity contribution in [2.75, 3.05) is 19.0 Å². The summed E-state index contributed by atoms with van der Waals surface area (Å²) in [4.78, 5) is 40.5. The lowest BCUT2D eigenvalue weighted by atomic mass is 10.1. The predicted molar refractivity (Wildman–Crippen MR) is 109 cm³/mol. The minimum absolute atomic E-state index is 0.0168. The first-order chi connectivity index (χ1) is 13.7. The Morgan fingerprint density at radius 3 is 2.31 bits per heavy atom. The van der Waals surface area contributed by atoms with Gasteiger partial charge in [-0.15, -0.1) is 12.6 Å². The maximum atomic E-state index is 14.6. The number of rotatable bonds is 4. The first-order valence-electron chi connectivity index (χ1n) is 8.44. The minimum atomic E-state index is -0.935. The summed E-state index contributed by atoms with van der Waals surface area (Å²) in [6.07, 6.45) is 0. The monoisotopic (exact) mass is 437 g/mol. The van der Waals surface area contributed by atoms with E-state index in [1.807, 2.05) is 6.07 Å². The van der Waals surface area contributed by atoms with E-state index >= 15 is 0 Å². The Balaban J connectivity index is 1.92. The number of ether oxygens (including phenoxy) is 1. The molecule has 1 heterocycles. The molecule has 0 N–H and O–H groups in total. The SMILES string of the molecule is CN1C(=O)N(c2cc(C(=O)OCc3ccccc3)c(Cl)cc2F)C(=O)N(C)C1S. The molecule has 0 aliphatic carbocycles. The van der Waals surface area contributed by atoms with E-state index in [4.69, 9.17) is 16.3 Å². The van der Waals surface area contributed by atoms with E-state index in [0.717, 1.165) is 27.5 Å². The number of esters is 1. The Kier molecular flexibility index (Phi) is 5.99.